The molecule has 1 fully saturated rings. The number of rotatable bonds is 4. The molecule has 2 aromatic carbocycles. The lowest BCUT2D eigenvalue weighted by Crippen LogP contribution is -2.27. The molecule has 1 aliphatic rings. The molecule has 2 aromatic rings. The topological polar surface area (TPSA) is 53.8 Å². The van der Waals surface area contributed by atoms with Gasteiger partial charge in [-0.25, -0.2) is 0 Å². The number of carbonyl (C=O) groups is 1. The van der Waals surface area contributed by atoms with Gasteiger partial charge >= 0.3 is 0 Å². The third-order valence-corrected chi connectivity index (χ3v) is 3.65. The first-order chi connectivity index (χ1) is 10.3. The van der Waals surface area contributed by atoms with Gasteiger partial charge in [-0.05, 0) is 49.2 Å². The third-order valence-electron chi connectivity index (χ3n) is 3.65. The van der Waals surface area contributed by atoms with Gasteiger partial charge < -0.3 is 5.32 Å². The Bertz CT molecular complexity index is 631. The van der Waals surface area contributed by atoms with Gasteiger partial charge in [-0.1, -0.05) is 24.6 Å². The van der Waals surface area contributed by atoms with Crippen LogP contribution in [0.2, 0.25) is 0 Å². The molecule has 1 saturated carbocycles. The number of azo groups is 1. The highest BCUT2D eigenvalue weighted by Crippen LogP contribution is 2.28. The van der Waals surface area contributed by atoms with Crippen LogP contribution in [0.15, 0.2) is 64.8 Å². The van der Waals surface area contributed by atoms with Crippen LogP contribution in [0.4, 0.5) is 17.1 Å². The second kappa shape index (κ2) is 6.31. The number of benzene rings is 2. The van der Waals surface area contributed by atoms with E-state index in [1.807, 2.05) is 54.6 Å². The minimum Gasteiger partial charge on any atom is -0.326 e. The van der Waals surface area contributed by atoms with Crippen LogP contribution in [0, 0.1) is 5.92 Å². The highest BCUT2D eigenvalue weighted by Gasteiger charge is 2.24. The van der Waals surface area contributed by atoms with Gasteiger partial charge in [0, 0.05) is 11.6 Å². The van der Waals surface area contributed by atoms with Crippen LogP contribution >= 0.6 is 0 Å². The Morgan fingerprint density at radius 3 is 2.10 bits per heavy atom. The molecule has 0 bridgehead atoms. The van der Waals surface area contributed by atoms with Gasteiger partial charge in [0.15, 0.2) is 0 Å². The summed E-state index contributed by atoms with van der Waals surface area (Å²) in [5, 5.41) is 11.3. The molecule has 0 atom stereocenters. The fourth-order valence-electron chi connectivity index (χ4n) is 2.14. The van der Waals surface area contributed by atoms with E-state index in [1.165, 1.54) is 0 Å². The molecule has 4 heteroatoms. The van der Waals surface area contributed by atoms with Gasteiger partial charge in [0.1, 0.15) is 0 Å². The molecule has 0 aromatic heterocycles. The fraction of sp³-hybridized carbons (Fsp3) is 0.235. The van der Waals surface area contributed by atoms with E-state index in [-0.39, 0.29) is 11.8 Å². The molecule has 21 heavy (non-hydrogen) atoms. The molecule has 4 nitrogen and oxygen atoms in total. The number of hydrogen-bond donors (Lipinski definition) is 1. The van der Waals surface area contributed by atoms with E-state index in [0.717, 1.165) is 36.3 Å². The zero-order valence-corrected chi connectivity index (χ0v) is 11.7. The molecule has 0 aliphatic heterocycles. The summed E-state index contributed by atoms with van der Waals surface area (Å²) in [6.45, 7) is 0. The lowest BCUT2D eigenvalue weighted by molar-refractivity contribution is -0.122. The minimum atomic E-state index is 0.125. The van der Waals surface area contributed by atoms with Crippen LogP contribution in [0.25, 0.3) is 0 Å². The number of carbonyl (C=O) groups excluding carboxylic acids is 1. The van der Waals surface area contributed by atoms with Crippen molar-refractivity contribution in [3.63, 3.8) is 0 Å². The molecular formula is C17H17N3O. The van der Waals surface area contributed by atoms with Crippen molar-refractivity contribution in [3.8, 4) is 0 Å². The van der Waals surface area contributed by atoms with Gasteiger partial charge in [-0.3, -0.25) is 4.79 Å². The summed E-state index contributed by atoms with van der Waals surface area (Å²) in [7, 11) is 0. The molecule has 0 spiro atoms. The molecule has 1 aliphatic carbocycles. The van der Waals surface area contributed by atoms with Gasteiger partial charge in [-0.15, -0.1) is 0 Å². The van der Waals surface area contributed by atoms with Crippen molar-refractivity contribution in [1.82, 2.24) is 0 Å². The Morgan fingerprint density at radius 2 is 1.52 bits per heavy atom. The lowest BCUT2D eigenvalue weighted by Gasteiger charge is -2.23. The minimum absolute atomic E-state index is 0.125. The molecule has 0 heterocycles. The number of nitrogens with one attached hydrogen (secondary N) is 1. The molecule has 0 unspecified atom stereocenters. The highest BCUT2D eigenvalue weighted by atomic mass is 16.1. The zero-order valence-electron chi connectivity index (χ0n) is 11.7. The summed E-state index contributed by atoms with van der Waals surface area (Å²) < 4.78 is 0. The maximum atomic E-state index is 11.8. The van der Waals surface area contributed by atoms with Crippen LogP contribution in [0.3, 0.4) is 0 Å². The SMILES string of the molecule is O=C(Nc1ccc(N=Nc2ccccc2)cc1)C1CCC1. The Balaban J connectivity index is 1.61. The Labute approximate surface area is 123 Å². The van der Waals surface area contributed by atoms with E-state index in [2.05, 4.69) is 15.5 Å². The average molecular weight is 279 g/mol. The van der Waals surface area contributed by atoms with Crippen molar-refractivity contribution < 1.29 is 4.79 Å². The summed E-state index contributed by atoms with van der Waals surface area (Å²) in [5.41, 5.74) is 2.39. The Morgan fingerprint density at radius 1 is 0.905 bits per heavy atom. The highest BCUT2D eigenvalue weighted by molar-refractivity contribution is 5.93. The first-order valence-corrected chi connectivity index (χ1v) is 7.19. The van der Waals surface area contributed by atoms with Crippen LogP contribution < -0.4 is 5.32 Å². The van der Waals surface area contributed by atoms with E-state index in [1.54, 1.807) is 0 Å². The fourth-order valence-corrected chi connectivity index (χ4v) is 2.14. The number of amides is 1. The first-order valence-electron chi connectivity index (χ1n) is 7.19. The summed E-state index contributed by atoms with van der Waals surface area (Å²) in [5.74, 6) is 0.322. The first kappa shape index (κ1) is 13.5. The summed E-state index contributed by atoms with van der Waals surface area (Å²) >= 11 is 0. The number of nitrogens with zero attached hydrogens (tertiary/aromatic N) is 2. The standard InChI is InChI=1S/C17H17N3O/c21-17(13-5-4-6-13)18-14-9-11-16(12-10-14)20-19-15-7-2-1-3-8-15/h1-3,7-13H,4-6H2,(H,18,21). The van der Waals surface area contributed by atoms with Crippen molar-refractivity contribution in [2.75, 3.05) is 5.32 Å². The van der Waals surface area contributed by atoms with Gasteiger partial charge in [-0.2, -0.15) is 10.2 Å². The molecule has 1 N–H and O–H groups in total. The van der Waals surface area contributed by atoms with Crippen molar-refractivity contribution in [2.24, 2.45) is 16.1 Å². The van der Waals surface area contributed by atoms with E-state index in [4.69, 9.17) is 0 Å². The van der Waals surface area contributed by atoms with Crippen molar-refractivity contribution >= 4 is 23.0 Å². The van der Waals surface area contributed by atoms with E-state index in [9.17, 15) is 4.79 Å². The maximum absolute atomic E-state index is 11.8. The lowest BCUT2D eigenvalue weighted by atomic mass is 9.85. The van der Waals surface area contributed by atoms with Crippen molar-refractivity contribution in [1.29, 1.82) is 0 Å². The number of anilines is 1. The quantitative estimate of drug-likeness (QED) is 0.800. The van der Waals surface area contributed by atoms with Crippen LogP contribution in [-0.4, -0.2) is 5.91 Å². The monoisotopic (exact) mass is 279 g/mol. The Kier molecular flexibility index (Phi) is 4.05. The maximum Gasteiger partial charge on any atom is 0.227 e. The second-order valence-electron chi connectivity index (χ2n) is 5.20. The largest absolute Gasteiger partial charge is 0.326 e. The van der Waals surface area contributed by atoms with E-state index in [0.29, 0.717) is 0 Å². The zero-order chi connectivity index (χ0) is 14.5. The molecular weight excluding hydrogens is 262 g/mol. The predicted octanol–water partition coefficient (Wildman–Crippen LogP) is 4.84. The smallest absolute Gasteiger partial charge is 0.227 e. The normalized spacial score (nSPS) is 14.9. The van der Waals surface area contributed by atoms with Crippen LogP contribution in [0.1, 0.15) is 19.3 Å². The number of hydrogen-bond acceptors (Lipinski definition) is 3. The molecule has 3 rings (SSSR count). The van der Waals surface area contributed by atoms with Crippen LogP contribution in [-0.2, 0) is 4.79 Å². The summed E-state index contributed by atoms with van der Waals surface area (Å²) in [4.78, 5) is 11.8. The molecule has 0 radical (unpaired) electrons. The van der Waals surface area contributed by atoms with Gasteiger partial charge in [0.05, 0.1) is 11.4 Å². The second-order valence-corrected chi connectivity index (χ2v) is 5.20. The van der Waals surface area contributed by atoms with Crippen LogP contribution in [0.5, 0.6) is 0 Å². The van der Waals surface area contributed by atoms with Crippen molar-refractivity contribution in [2.45, 2.75) is 19.3 Å². The van der Waals surface area contributed by atoms with Gasteiger partial charge in [0.25, 0.3) is 0 Å². The molecule has 0 saturated heterocycles. The van der Waals surface area contributed by atoms with E-state index >= 15 is 0 Å². The van der Waals surface area contributed by atoms with Crippen molar-refractivity contribution in [3.05, 3.63) is 54.6 Å². The van der Waals surface area contributed by atoms with E-state index < -0.39 is 0 Å². The Hall–Kier alpha value is -2.49. The van der Waals surface area contributed by atoms with Gasteiger partial charge in [0.2, 0.25) is 5.91 Å². The summed E-state index contributed by atoms with van der Waals surface area (Å²) in [6, 6.07) is 17.0. The average Bonchev–Trinajstić information content (AvgIpc) is 2.46. The third kappa shape index (κ3) is 3.54. The summed E-state index contributed by atoms with van der Waals surface area (Å²) in [6.07, 6.45) is 3.18. The molecule has 1 amide bonds. The predicted molar refractivity (Wildman–Crippen MR) is 83.0 cm³/mol. The molecule has 106 valence electrons.